The Kier molecular flexibility index (Phi) is 4.88. The second-order valence-corrected chi connectivity index (χ2v) is 5.98. The highest BCUT2D eigenvalue weighted by Gasteiger charge is 2.19. The van der Waals surface area contributed by atoms with Crippen LogP contribution in [0, 0.1) is 17.5 Å². The molecule has 1 atom stereocenters. The van der Waals surface area contributed by atoms with Crippen LogP contribution in [0.3, 0.4) is 0 Å². The van der Waals surface area contributed by atoms with Crippen molar-refractivity contribution in [2.75, 3.05) is 0 Å². The van der Waals surface area contributed by atoms with Crippen molar-refractivity contribution in [2.24, 2.45) is 5.73 Å². The molecule has 6 heteroatoms. The van der Waals surface area contributed by atoms with Gasteiger partial charge < -0.3 is 5.73 Å². The number of nitrogens with two attached hydrogens (primary N) is 1. The number of halogens is 5. The number of benzene rings is 2. The summed E-state index contributed by atoms with van der Waals surface area (Å²) in [4.78, 5) is 0. The van der Waals surface area contributed by atoms with Crippen molar-refractivity contribution in [1.82, 2.24) is 0 Å². The normalized spacial score (nSPS) is 12.5. The van der Waals surface area contributed by atoms with Crippen LogP contribution in [0.15, 0.2) is 39.3 Å². The molecule has 0 fully saturated rings. The molecule has 2 aromatic carbocycles. The van der Waals surface area contributed by atoms with Crippen LogP contribution in [-0.4, -0.2) is 0 Å². The number of hydrogen-bond donors (Lipinski definition) is 1. The van der Waals surface area contributed by atoms with Gasteiger partial charge in [0.05, 0.1) is 8.95 Å². The van der Waals surface area contributed by atoms with E-state index in [1.807, 2.05) is 0 Å². The quantitative estimate of drug-likeness (QED) is 0.720. The summed E-state index contributed by atoms with van der Waals surface area (Å²) in [5.74, 6) is -1.93. The standard InChI is InChI=1S/C14H10Br2F3N/c15-9-3-1-2-7(13(9)18)12(20)6-8-11(17)5-4-10(16)14(8)19/h1-5,12H,6,20H2. The van der Waals surface area contributed by atoms with E-state index in [4.69, 9.17) is 5.73 Å². The molecule has 0 aliphatic rings. The van der Waals surface area contributed by atoms with Crippen LogP contribution in [0.4, 0.5) is 13.2 Å². The maximum absolute atomic E-state index is 13.9. The minimum atomic E-state index is -0.842. The molecule has 0 radical (unpaired) electrons. The van der Waals surface area contributed by atoms with Crippen LogP contribution in [0.1, 0.15) is 17.2 Å². The zero-order valence-corrected chi connectivity index (χ0v) is 13.3. The molecular formula is C14H10Br2F3N. The summed E-state index contributed by atoms with van der Waals surface area (Å²) in [6, 6.07) is 6.23. The Morgan fingerprint density at radius 2 is 1.60 bits per heavy atom. The lowest BCUT2D eigenvalue weighted by Crippen LogP contribution is -2.17. The molecule has 0 aromatic heterocycles. The molecule has 2 rings (SSSR count). The Morgan fingerprint density at radius 1 is 0.950 bits per heavy atom. The van der Waals surface area contributed by atoms with Crippen molar-refractivity contribution in [3.8, 4) is 0 Å². The van der Waals surface area contributed by atoms with Crippen molar-refractivity contribution in [3.05, 3.63) is 67.9 Å². The number of rotatable bonds is 3. The van der Waals surface area contributed by atoms with Gasteiger partial charge >= 0.3 is 0 Å². The van der Waals surface area contributed by atoms with E-state index >= 15 is 0 Å². The highest BCUT2D eigenvalue weighted by Crippen LogP contribution is 2.28. The van der Waals surface area contributed by atoms with Crippen LogP contribution in [0.25, 0.3) is 0 Å². The summed E-state index contributed by atoms with van der Waals surface area (Å²) in [6.45, 7) is 0. The topological polar surface area (TPSA) is 26.0 Å². The third-order valence-corrected chi connectivity index (χ3v) is 4.17. The van der Waals surface area contributed by atoms with Crippen LogP contribution < -0.4 is 5.73 Å². The minimum Gasteiger partial charge on any atom is -0.324 e. The van der Waals surface area contributed by atoms with E-state index in [0.717, 1.165) is 6.07 Å². The van der Waals surface area contributed by atoms with E-state index in [0.29, 0.717) is 0 Å². The third-order valence-electron chi connectivity index (χ3n) is 2.94. The Hall–Kier alpha value is -0.850. The molecule has 0 heterocycles. The first kappa shape index (κ1) is 15.5. The third kappa shape index (κ3) is 3.07. The van der Waals surface area contributed by atoms with Crippen molar-refractivity contribution >= 4 is 31.9 Å². The summed E-state index contributed by atoms with van der Waals surface area (Å²) < 4.78 is 41.9. The van der Waals surface area contributed by atoms with Gasteiger partial charge in [0, 0.05) is 17.2 Å². The van der Waals surface area contributed by atoms with E-state index in [1.165, 1.54) is 18.2 Å². The second-order valence-electron chi connectivity index (χ2n) is 4.28. The lowest BCUT2D eigenvalue weighted by atomic mass is 9.98. The van der Waals surface area contributed by atoms with Gasteiger partial charge in [0.25, 0.3) is 0 Å². The van der Waals surface area contributed by atoms with Gasteiger partial charge in [-0.2, -0.15) is 0 Å². The highest BCUT2D eigenvalue weighted by molar-refractivity contribution is 9.10. The monoisotopic (exact) mass is 407 g/mol. The van der Waals surface area contributed by atoms with Gasteiger partial charge in [0.2, 0.25) is 0 Å². The first-order chi connectivity index (χ1) is 9.41. The van der Waals surface area contributed by atoms with Crippen molar-refractivity contribution in [1.29, 1.82) is 0 Å². The van der Waals surface area contributed by atoms with E-state index < -0.39 is 23.5 Å². The van der Waals surface area contributed by atoms with Crippen molar-refractivity contribution in [3.63, 3.8) is 0 Å². The van der Waals surface area contributed by atoms with E-state index in [2.05, 4.69) is 31.9 Å². The molecule has 106 valence electrons. The predicted molar refractivity (Wildman–Crippen MR) is 78.8 cm³/mol. The van der Waals surface area contributed by atoms with Crippen molar-refractivity contribution < 1.29 is 13.2 Å². The molecule has 1 nitrogen and oxygen atoms in total. The summed E-state index contributed by atoms with van der Waals surface area (Å²) >= 11 is 6.04. The number of hydrogen-bond acceptors (Lipinski definition) is 1. The van der Waals surface area contributed by atoms with Crippen molar-refractivity contribution in [2.45, 2.75) is 12.5 Å². The van der Waals surface area contributed by atoms with Gasteiger partial charge in [-0.25, -0.2) is 13.2 Å². The second kappa shape index (κ2) is 6.28. The molecule has 0 saturated carbocycles. The Balaban J connectivity index is 2.35. The zero-order chi connectivity index (χ0) is 14.9. The highest BCUT2D eigenvalue weighted by atomic mass is 79.9. The Morgan fingerprint density at radius 3 is 2.30 bits per heavy atom. The van der Waals surface area contributed by atoms with Gasteiger partial charge in [0.15, 0.2) is 0 Å². The zero-order valence-electron chi connectivity index (χ0n) is 10.1. The van der Waals surface area contributed by atoms with Crippen LogP contribution >= 0.6 is 31.9 Å². The van der Waals surface area contributed by atoms with Gasteiger partial charge in [-0.05, 0) is 56.5 Å². The SMILES string of the molecule is NC(Cc1c(F)ccc(Br)c1F)c1cccc(Br)c1F. The smallest absolute Gasteiger partial charge is 0.143 e. The molecule has 20 heavy (non-hydrogen) atoms. The van der Waals surface area contributed by atoms with Crippen LogP contribution in [0.2, 0.25) is 0 Å². The minimum absolute atomic E-state index is 0.134. The van der Waals surface area contributed by atoms with Gasteiger partial charge in [-0.1, -0.05) is 12.1 Å². The summed E-state index contributed by atoms with van der Waals surface area (Å²) in [5, 5.41) is 0. The molecule has 0 spiro atoms. The maximum Gasteiger partial charge on any atom is 0.143 e. The van der Waals surface area contributed by atoms with Crippen LogP contribution in [0.5, 0.6) is 0 Å². The fraction of sp³-hybridized carbons (Fsp3) is 0.143. The largest absolute Gasteiger partial charge is 0.324 e. The first-order valence-corrected chi connectivity index (χ1v) is 7.32. The lowest BCUT2D eigenvalue weighted by Gasteiger charge is -2.15. The summed E-state index contributed by atoms with van der Waals surface area (Å²) in [6.07, 6.45) is -0.134. The molecule has 0 amide bonds. The molecule has 0 saturated heterocycles. The van der Waals surface area contributed by atoms with Gasteiger partial charge in [0.1, 0.15) is 17.5 Å². The molecule has 1 unspecified atom stereocenters. The van der Waals surface area contributed by atoms with E-state index in [9.17, 15) is 13.2 Å². The lowest BCUT2D eigenvalue weighted by molar-refractivity contribution is 0.524. The molecule has 2 aromatic rings. The van der Waals surface area contributed by atoms with Gasteiger partial charge in [-0.3, -0.25) is 0 Å². The first-order valence-electron chi connectivity index (χ1n) is 5.73. The van der Waals surface area contributed by atoms with Crippen LogP contribution in [-0.2, 0) is 6.42 Å². The van der Waals surface area contributed by atoms with E-state index in [-0.39, 0.29) is 26.5 Å². The average molecular weight is 409 g/mol. The molecule has 0 aliphatic carbocycles. The fourth-order valence-electron chi connectivity index (χ4n) is 1.89. The predicted octanol–water partition coefficient (Wildman–Crippen LogP) is 4.87. The Labute approximate surface area is 131 Å². The molecular weight excluding hydrogens is 399 g/mol. The average Bonchev–Trinajstić information content (AvgIpc) is 2.42. The molecule has 0 bridgehead atoms. The molecule has 0 aliphatic heterocycles. The Bertz CT molecular complexity index is 647. The summed E-state index contributed by atoms with van der Waals surface area (Å²) in [7, 11) is 0. The summed E-state index contributed by atoms with van der Waals surface area (Å²) in [5.41, 5.74) is 5.92. The van der Waals surface area contributed by atoms with E-state index in [1.54, 1.807) is 6.07 Å². The fourth-order valence-corrected chi connectivity index (χ4v) is 2.65. The maximum atomic E-state index is 13.9. The molecule has 2 N–H and O–H groups in total. The van der Waals surface area contributed by atoms with Gasteiger partial charge in [-0.15, -0.1) is 0 Å².